The molecule has 1 unspecified atom stereocenters. The third-order valence-corrected chi connectivity index (χ3v) is 6.26. The predicted octanol–water partition coefficient (Wildman–Crippen LogP) is 4.84. The Labute approximate surface area is 189 Å². The molecule has 2 aromatic rings. The molecule has 1 atom stereocenters. The van der Waals surface area contributed by atoms with Crippen LogP contribution in [0.3, 0.4) is 0 Å². The van der Waals surface area contributed by atoms with Crippen LogP contribution in [-0.4, -0.2) is 27.3 Å². The van der Waals surface area contributed by atoms with Crippen LogP contribution in [0, 0.1) is 11.7 Å². The normalized spacial score (nSPS) is 12.5. The average molecular weight is 491 g/mol. The molecule has 31 heavy (non-hydrogen) atoms. The maximum atomic E-state index is 14.4. The molecular weight excluding hydrogens is 469 g/mol. The van der Waals surface area contributed by atoms with Gasteiger partial charge in [0.15, 0.2) is 0 Å². The first-order chi connectivity index (χ1) is 14.4. The molecule has 168 valence electrons. The summed E-state index contributed by atoms with van der Waals surface area (Å²) in [6.45, 7) is 3.45. The second kappa shape index (κ2) is 10.6. The van der Waals surface area contributed by atoms with Crippen molar-refractivity contribution in [2.24, 2.45) is 5.92 Å². The third kappa shape index (κ3) is 7.59. The number of halogens is 3. The molecule has 0 heterocycles. The van der Waals surface area contributed by atoms with Crippen LogP contribution in [0.1, 0.15) is 25.8 Å². The summed E-state index contributed by atoms with van der Waals surface area (Å²) in [7, 11) is -4.68. The smallest absolute Gasteiger partial charge is 0.325 e. The number of hydrogen-bond donors (Lipinski definition) is 4. The maximum Gasteiger partial charge on any atom is 0.337 e. The van der Waals surface area contributed by atoms with Crippen LogP contribution in [0.5, 0.6) is 0 Å². The van der Waals surface area contributed by atoms with Crippen molar-refractivity contribution in [2.45, 2.75) is 32.3 Å². The standard InChI is InChI=1S/C20H22Cl2FN2O5P/c1-11(2)7-18(31(28,29)30)20(27)24-13-4-6-17(16(23)10-13)25-19(26)9-12-3-5-14(21)15(22)8-12/h3-6,8,10-11,18H,7,9H2,1-2H3,(H,24,27)(H,25,26)(H2,28,29,30). The Morgan fingerprint density at radius 1 is 1.06 bits per heavy atom. The van der Waals surface area contributed by atoms with Crippen LogP contribution in [0.15, 0.2) is 36.4 Å². The highest BCUT2D eigenvalue weighted by molar-refractivity contribution is 7.53. The minimum absolute atomic E-state index is 0.00666. The van der Waals surface area contributed by atoms with Crippen molar-refractivity contribution in [1.29, 1.82) is 0 Å². The monoisotopic (exact) mass is 490 g/mol. The fraction of sp³-hybridized carbons (Fsp3) is 0.300. The third-order valence-electron chi connectivity index (χ3n) is 4.26. The number of nitrogens with one attached hydrogen (secondary N) is 2. The van der Waals surface area contributed by atoms with E-state index >= 15 is 0 Å². The van der Waals surface area contributed by atoms with Gasteiger partial charge in [-0.1, -0.05) is 43.1 Å². The Hall–Kier alpha value is -1.96. The van der Waals surface area contributed by atoms with Gasteiger partial charge in [-0.25, -0.2) is 4.39 Å². The van der Waals surface area contributed by atoms with Crippen molar-refractivity contribution in [2.75, 3.05) is 10.6 Å². The zero-order valence-corrected chi connectivity index (χ0v) is 19.1. The Bertz CT molecular complexity index is 1030. The highest BCUT2D eigenvalue weighted by atomic mass is 35.5. The van der Waals surface area contributed by atoms with Gasteiger partial charge in [-0.05, 0) is 48.2 Å². The van der Waals surface area contributed by atoms with Crippen LogP contribution in [0.25, 0.3) is 0 Å². The van der Waals surface area contributed by atoms with Gasteiger partial charge in [0.05, 0.1) is 22.2 Å². The van der Waals surface area contributed by atoms with Crippen LogP contribution in [0.4, 0.5) is 15.8 Å². The number of rotatable bonds is 8. The summed E-state index contributed by atoms with van der Waals surface area (Å²) in [5.41, 5.74) is -1.06. The lowest BCUT2D eigenvalue weighted by molar-refractivity contribution is -0.117. The molecule has 0 bridgehead atoms. The van der Waals surface area contributed by atoms with E-state index in [2.05, 4.69) is 10.6 Å². The first-order valence-electron chi connectivity index (χ1n) is 9.26. The second-order valence-electron chi connectivity index (χ2n) is 7.39. The molecule has 7 nitrogen and oxygen atoms in total. The summed E-state index contributed by atoms with van der Waals surface area (Å²) in [5.74, 6) is -2.35. The molecule has 0 aliphatic carbocycles. The Morgan fingerprint density at radius 2 is 1.74 bits per heavy atom. The summed E-state index contributed by atoms with van der Waals surface area (Å²) in [6.07, 6.45) is -0.0879. The van der Waals surface area contributed by atoms with Crippen LogP contribution >= 0.6 is 30.8 Å². The van der Waals surface area contributed by atoms with Crippen molar-refractivity contribution in [3.63, 3.8) is 0 Å². The van der Waals surface area contributed by atoms with Gasteiger partial charge in [-0.2, -0.15) is 0 Å². The number of carbonyl (C=O) groups is 2. The molecule has 0 aliphatic rings. The van der Waals surface area contributed by atoms with E-state index in [0.717, 1.165) is 6.07 Å². The Balaban J connectivity index is 2.06. The second-order valence-corrected chi connectivity index (χ2v) is 10.0. The van der Waals surface area contributed by atoms with E-state index in [0.29, 0.717) is 15.6 Å². The quantitative estimate of drug-likeness (QED) is 0.395. The summed E-state index contributed by atoms with van der Waals surface area (Å²) in [4.78, 5) is 43.4. The van der Waals surface area contributed by atoms with E-state index < -0.39 is 30.9 Å². The molecular formula is C20H22Cl2FN2O5P. The summed E-state index contributed by atoms with van der Waals surface area (Å²) in [5, 5.41) is 5.38. The molecule has 0 radical (unpaired) electrons. The first-order valence-corrected chi connectivity index (χ1v) is 11.7. The predicted molar refractivity (Wildman–Crippen MR) is 119 cm³/mol. The SMILES string of the molecule is CC(C)CC(C(=O)Nc1ccc(NC(=O)Cc2ccc(Cl)c(Cl)c2)c(F)c1)P(=O)(O)O. The number of amides is 2. The lowest BCUT2D eigenvalue weighted by Gasteiger charge is -2.20. The molecule has 0 aromatic heterocycles. The average Bonchev–Trinajstić information content (AvgIpc) is 2.64. The molecule has 2 amide bonds. The molecule has 4 N–H and O–H groups in total. The summed E-state index contributed by atoms with van der Waals surface area (Å²) < 4.78 is 26.0. The molecule has 0 fully saturated rings. The molecule has 0 aliphatic heterocycles. The molecule has 2 aromatic carbocycles. The van der Waals surface area contributed by atoms with Crippen LogP contribution in [0.2, 0.25) is 10.0 Å². The lowest BCUT2D eigenvalue weighted by Crippen LogP contribution is -2.29. The summed E-state index contributed by atoms with van der Waals surface area (Å²) in [6, 6.07) is 8.23. The van der Waals surface area contributed by atoms with Crippen molar-refractivity contribution in [3.05, 3.63) is 57.8 Å². The fourth-order valence-corrected chi connectivity index (χ4v) is 4.18. The molecule has 0 saturated heterocycles. The van der Waals surface area contributed by atoms with E-state index in [1.807, 2.05) is 0 Å². The van der Waals surface area contributed by atoms with E-state index in [4.69, 9.17) is 23.2 Å². The van der Waals surface area contributed by atoms with Crippen LogP contribution in [-0.2, 0) is 20.6 Å². The zero-order chi connectivity index (χ0) is 23.3. The Kier molecular flexibility index (Phi) is 8.63. The number of carbonyl (C=O) groups excluding carboxylic acids is 2. The van der Waals surface area contributed by atoms with Crippen molar-refractivity contribution < 1.29 is 28.3 Å². The van der Waals surface area contributed by atoms with E-state index in [-0.39, 0.29) is 30.1 Å². The number of benzene rings is 2. The van der Waals surface area contributed by atoms with E-state index in [9.17, 15) is 28.3 Å². The minimum Gasteiger partial charge on any atom is -0.325 e. The molecule has 2 rings (SSSR count). The fourth-order valence-electron chi connectivity index (χ4n) is 2.79. The van der Waals surface area contributed by atoms with Gasteiger partial charge in [0.2, 0.25) is 11.8 Å². The van der Waals surface area contributed by atoms with Gasteiger partial charge in [-0.3, -0.25) is 14.2 Å². The largest absolute Gasteiger partial charge is 0.337 e. The molecule has 0 saturated carbocycles. The lowest BCUT2D eigenvalue weighted by atomic mass is 10.1. The van der Waals surface area contributed by atoms with E-state index in [1.54, 1.807) is 26.0 Å². The molecule has 0 spiro atoms. The maximum absolute atomic E-state index is 14.4. The topological polar surface area (TPSA) is 116 Å². The van der Waals surface area contributed by atoms with E-state index in [1.165, 1.54) is 18.2 Å². The van der Waals surface area contributed by atoms with Crippen molar-refractivity contribution >= 4 is 54.0 Å². The van der Waals surface area contributed by atoms with Gasteiger partial charge in [0, 0.05) is 5.69 Å². The zero-order valence-electron chi connectivity index (χ0n) is 16.7. The van der Waals surface area contributed by atoms with Gasteiger partial charge >= 0.3 is 7.60 Å². The highest BCUT2D eigenvalue weighted by Gasteiger charge is 2.36. The van der Waals surface area contributed by atoms with Gasteiger partial charge in [0.1, 0.15) is 11.5 Å². The van der Waals surface area contributed by atoms with Crippen LogP contribution < -0.4 is 10.6 Å². The highest BCUT2D eigenvalue weighted by Crippen LogP contribution is 2.44. The minimum atomic E-state index is -4.68. The number of anilines is 2. The first kappa shape index (κ1) is 25.3. The van der Waals surface area contributed by atoms with Crippen molar-refractivity contribution in [3.8, 4) is 0 Å². The van der Waals surface area contributed by atoms with Gasteiger partial charge in [0.25, 0.3) is 0 Å². The van der Waals surface area contributed by atoms with Crippen molar-refractivity contribution in [1.82, 2.24) is 0 Å². The van der Waals surface area contributed by atoms with Gasteiger partial charge in [-0.15, -0.1) is 0 Å². The Morgan fingerprint density at radius 3 is 2.29 bits per heavy atom. The summed E-state index contributed by atoms with van der Waals surface area (Å²) >= 11 is 11.7. The number of hydrogen-bond acceptors (Lipinski definition) is 3. The van der Waals surface area contributed by atoms with Gasteiger partial charge < -0.3 is 20.4 Å². The molecule has 11 heteroatoms.